The van der Waals surface area contributed by atoms with Crippen molar-refractivity contribution >= 4 is 5.82 Å². The molecule has 0 spiro atoms. The maximum Gasteiger partial charge on any atom is 0.167 e. The maximum absolute atomic E-state index is 13.7. The molecule has 2 aromatic rings. The number of hydrogen-bond donors (Lipinski definition) is 0. The summed E-state index contributed by atoms with van der Waals surface area (Å²) in [5, 5.41) is 0. The van der Waals surface area contributed by atoms with Gasteiger partial charge in [0.25, 0.3) is 0 Å². The van der Waals surface area contributed by atoms with Gasteiger partial charge in [0.1, 0.15) is 23.3 Å². The van der Waals surface area contributed by atoms with Crippen LogP contribution in [0.4, 0.5) is 14.6 Å². The summed E-state index contributed by atoms with van der Waals surface area (Å²) in [6.07, 6.45) is 6.93. The lowest BCUT2D eigenvalue weighted by atomic mass is 10.1. The predicted octanol–water partition coefficient (Wildman–Crippen LogP) is 3.44. The van der Waals surface area contributed by atoms with Gasteiger partial charge in [0, 0.05) is 39.1 Å². The minimum atomic E-state index is -0.666. The van der Waals surface area contributed by atoms with Crippen LogP contribution in [0.5, 0.6) is 5.75 Å². The van der Waals surface area contributed by atoms with Crippen LogP contribution in [0.15, 0.2) is 30.6 Å². The average Bonchev–Trinajstić information content (AvgIpc) is 3.46. The zero-order valence-electron chi connectivity index (χ0n) is 14.6. The van der Waals surface area contributed by atoms with Gasteiger partial charge in [-0.05, 0) is 25.0 Å². The molecule has 1 aromatic heterocycles. The van der Waals surface area contributed by atoms with Crippen LogP contribution < -0.4 is 9.64 Å². The number of rotatable bonds is 5. The molecular weight excluding hydrogens is 340 g/mol. The molecule has 4 rings (SSSR count). The van der Waals surface area contributed by atoms with Crippen LogP contribution in [-0.2, 0) is 10.3 Å². The molecule has 138 valence electrons. The number of nitrogens with zero attached hydrogens (tertiary/aromatic N) is 3. The normalized spacial score (nSPS) is 19.4. The molecule has 26 heavy (non-hydrogen) atoms. The summed E-state index contributed by atoms with van der Waals surface area (Å²) < 4.78 is 37.9. The van der Waals surface area contributed by atoms with Crippen molar-refractivity contribution in [3.8, 4) is 5.75 Å². The molecule has 1 saturated heterocycles. The van der Waals surface area contributed by atoms with Crippen molar-refractivity contribution in [3.05, 3.63) is 47.9 Å². The molecule has 2 aliphatic rings. The van der Waals surface area contributed by atoms with Gasteiger partial charge in [-0.15, -0.1) is 0 Å². The van der Waals surface area contributed by atoms with E-state index >= 15 is 0 Å². The Morgan fingerprint density at radius 3 is 2.46 bits per heavy atom. The quantitative estimate of drug-likeness (QED) is 0.816. The fourth-order valence-electron chi connectivity index (χ4n) is 3.35. The summed E-state index contributed by atoms with van der Waals surface area (Å²) in [7, 11) is 1.71. The van der Waals surface area contributed by atoms with Crippen LogP contribution in [-0.4, -0.2) is 36.3 Å². The Hall–Kier alpha value is -2.28. The molecule has 1 aromatic carbocycles. The number of benzene rings is 1. The van der Waals surface area contributed by atoms with Crippen LogP contribution in [0, 0.1) is 11.6 Å². The smallest absolute Gasteiger partial charge is 0.167 e. The van der Waals surface area contributed by atoms with Gasteiger partial charge in [-0.1, -0.05) is 0 Å². The van der Waals surface area contributed by atoms with Gasteiger partial charge >= 0.3 is 0 Å². The van der Waals surface area contributed by atoms with E-state index in [1.807, 2.05) is 0 Å². The number of methoxy groups -OCH3 is 1. The largest absolute Gasteiger partial charge is 0.487 e. The number of anilines is 1. The molecule has 7 heteroatoms. The van der Waals surface area contributed by atoms with Crippen molar-refractivity contribution in [2.24, 2.45) is 0 Å². The molecule has 0 bridgehead atoms. The van der Waals surface area contributed by atoms with E-state index in [0.29, 0.717) is 0 Å². The van der Waals surface area contributed by atoms with Crippen molar-refractivity contribution in [1.82, 2.24) is 9.97 Å². The van der Waals surface area contributed by atoms with E-state index < -0.39 is 11.6 Å². The fourth-order valence-corrected chi connectivity index (χ4v) is 3.35. The van der Waals surface area contributed by atoms with Crippen LogP contribution >= 0.6 is 0 Å². The van der Waals surface area contributed by atoms with Crippen molar-refractivity contribution in [3.63, 3.8) is 0 Å². The van der Waals surface area contributed by atoms with E-state index in [0.717, 1.165) is 56.4 Å². The lowest BCUT2D eigenvalue weighted by Gasteiger charge is -2.32. The summed E-state index contributed by atoms with van der Waals surface area (Å²) in [6.45, 7) is 1.49. The Morgan fingerprint density at radius 1 is 1.12 bits per heavy atom. The van der Waals surface area contributed by atoms with Crippen molar-refractivity contribution in [2.45, 2.75) is 37.4 Å². The van der Waals surface area contributed by atoms with Crippen LogP contribution in [0.2, 0.25) is 0 Å². The van der Waals surface area contributed by atoms with Gasteiger partial charge in [0.15, 0.2) is 11.6 Å². The maximum atomic E-state index is 13.7. The third-order valence-corrected chi connectivity index (χ3v) is 5.15. The Bertz CT molecular complexity index is 773. The van der Waals surface area contributed by atoms with E-state index in [-0.39, 0.29) is 17.5 Å². The number of ether oxygens (including phenoxy) is 2. The predicted molar refractivity (Wildman–Crippen MR) is 92.2 cm³/mol. The van der Waals surface area contributed by atoms with E-state index in [9.17, 15) is 8.78 Å². The standard InChI is InChI=1S/C19H21F2N3O2/c1-25-19(6-7-19)17-11-23-18(12-22-17)24-8-4-14(5-9-24)26-16-3-2-13(20)10-15(16)21/h2-3,10-12,14H,4-9H2,1H3. The number of halogens is 2. The zero-order chi connectivity index (χ0) is 18.1. The fraction of sp³-hybridized carbons (Fsp3) is 0.474. The Balaban J connectivity index is 1.34. The van der Waals surface area contributed by atoms with E-state index in [1.165, 1.54) is 12.1 Å². The van der Waals surface area contributed by atoms with Gasteiger partial charge in [0.2, 0.25) is 0 Å². The van der Waals surface area contributed by atoms with Crippen LogP contribution in [0.25, 0.3) is 0 Å². The molecule has 1 aliphatic heterocycles. The van der Waals surface area contributed by atoms with Gasteiger partial charge < -0.3 is 14.4 Å². The zero-order valence-corrected chi connectivity index (χ0v) is 14.6. The second kappa shape index (κ2) is 6.79. The molecular formula is C19H21F2N3O2. The average molecular weight is 361 g/mol. The number of hydrogen-bond acceptors (Lipinski definition) is 5. The highest BCUT2D eigenvalue weighted by Gasteiger charge is 2.46. The minimum Gasteiger partial charge on any atom is -0.487 e. The Labute approximate surface area is 151 Å². The van der Waals surface area contributed by atoms with E-state index in [4.69, 9.17) is 9.47 Å². The molecule has 0 N–H and O–H groups in total. The number of aromatic nitrogens is 2. The van der Waals surface area contributed by atoms with Crippen LogP contribution in [0.1, 0.15) is 31.4 Å². The summed E-state index contributed by atoms with van der Waals surface area (Å²) in [5.74, 6) is -0.343. The molecule has 0 atom stereocenters. The topological polar surface area (TPSA) is 47.5 Å². The second-order valence-corrected chi connectivity index (χ2v) is 6.84. The highest BCUT2D eigenvalue weighted by atomic mass is 19.1. The summed E-state index contributed by atoms with van der Waals surface area (Å²) in [4.78, 5) is 11.2. The third-order valence-electron chi connectivity index (χ3n) is 5.15. The lowest BCUT2D eigenvalue weighted by Crippen LogP contribution is -2.39. The first-order valence-corrected chi connectivity index (χ1v) is 8.84. The van der Waals surface area contributed by atoms with E-state index in [1.54, 1.807) is 19.5 Å². The van der Waals surface area contributed by atoms with Crippen LogP contribution in [0.3, 0.4) is 0 Å². The van der Waals surface area contributed by atoms with Gasteiger partial charge in [-0.25, -0.2) is 13.8 Å². The van der Waals surface area contributed by atoms with Crippen molar-refractivity contribution in [1.29, 1.82) is 0 Å². The monoisotopic (exact) mass is 361 g/mol. The first-order chi connectivity index (χ1) is 12.6. The molecule has 1 aliphatic carbocycles. The number of piperidine rings is 1. The molecule has 2 heterocycles. The molecule has 1 saturated carbocycles. The summed E-state index contributed by atoms with van der Waals surface area (Å²) in [6, 6.07) is 3.39. The van der Waals surface area contributed by atoms with Gasteiger partial charge in [-0.3, -0.25) is 4.98 Å². The third kappa shape index (κ3) is 3.35. The van der Waals surface area contributed by atoms with E-state index in [2.05, 4.69) is 14.9 Å². The molecule has 0 amide bonds. The molecule has 0 unspecified atom stereocenters. The van der Waals surface area contributed by atoms with Crippen molar-refractivity contribution < 1.29 is 18.3 Å². The molecule has 5 nitrogen and oxygen atoms in total. The van der Waals surface area contributed by atoms with Crippen molar-refractivity contribution in [2.75, 3.05) is 25.1 Å². The van der Waals surface area contributed by atoms with Gasteiger partial charge in [0.05, 0.1) is 18.1 Å². The second-order valence-electron chi connectivity index (χ2n) is 6.84. The van der Waals surface area contributed by atoms with Gasteiger partial charge in [-0.2, -0.15) is 0 Å². The lowest BCUT2D eigenvalue weighted by molar-refractivity contribution is 0.0748. The first kappa shape index (κ1) is 17.1. The highest BCUT2D eigenvalue weighted by molar-refractivity contribution is 5.37. The highest BCUT2D eigenvalue weighted by Crippen LogP contribution is 2.47. The first-order valence-electron chi connectivity index (χ1n) is 8.84. The molecule has 0 radical (unpaired) electrons. The Morgan fingerprint density at radius 2 is 1.88 bits per heavy atom. The minimum absolute atomic E-state index is 0.0957. The summed E-state index contributed by atoms with van der Waals surface area (Å²) in [5.41, 5.74) is 0.653. The molecule has 2 fully saturated rings. The SMILES string of the molecule is COC1(c2cnc(N3CCC(Oc4ccc(F)cc4F)CC3)cn2)CC1. The Kier molecular flexibility index (Phi) is 4.48. The summed E-state index contributed by atoms with van der Waals surface area (Å²) >= 11 is 0.